The predicted molar refractivity (Wildman–Crippen MR) is 98.1 cm³/mol. The maximum atomic E-state index is 13.8. The molecule has 0 aliphatic heterocycles. The van der Waals surface area contributed by atoms with Crippen molar-refractivity contribution in [1.29, 1.82) is 0 Å². The molecule has 1 amide bonds. The van der Waals surface area contributed by atoms with Crippen molar-refractivity contribution in [3.63, 3.8) is 0 Å². The summed E-state index contributed by atoms with van der Waals surface area (Å²) in [7, 11) is -2.95. The molecule has 0 unspecified atom stereocenters. The Morgan fingerprint density at radius 3 is 2.29 bits per heavy atom. The van der Waals surface area contributed by atoms with Gasteiger partial charge in [-0.1, -0.05) is 18.2 Å². The normalized spacial score (nSPS) is 14.0. The maximum absolute atomic E-state index is 13.8. The zero-order valence-electron chi connectivity index (χ0n) is 15.2. The largest absolute Gasteiger partial charge is 0.497 e. The standard InChI is InChI=1S/C19H20F2N2O4S/c1-27-15-9-5-13(6-10-15)12-23(14-7-8-14)18(24)11-22-28(25,26)19-16(20)3-2-4-17(19)21/h2-6,9-10,14,22H,7-8,11-12H2,1H3. The lowest BCUT2D eigenvalue weighted by Crippen LogP contribution is -2.41. The highest BCUT2D eigenvalue weighted by Gasteiger charge is 2.33. The second kappa shape index (κ2) is 8.24. The van der Waals surface area contributed by atoms with Crippen molar-refractivity contribution < 1.29 is 26.7 Å². The number of amides is 1. The molecule has 0 atom stereocenters. The molecular formula is C19H20F2N2O4S. The van der Waals surface area contributed by atoms with E-state index in [9.17, 15) is 22.0 Å². The summed E-state index contributed by atoms with van der Waals surface area (Å²) in [6, 6.07) is 9.98. The zero-order valence-corrected chi connectivity index (χ0v) is 16.0. The van der Waals surface area contributed by atoms with E-state index < -0.39 is 39.0 Å². The van der Waals surface area contributed by atoms with Gasteiger partial charge >= 0.3 is 0 Å². The molecule has 1 fully saturated rings. The van der Waals surface area contributed by atoms with Gasteiger partial charge in [0.2, 0.25) is 15.9 Å². The van der Waals surface area contributed by atoms with Crippen LogP contribution in [0.25, 0.3) is 0 Å². The predicted octanol–water partition coefficient (Wildman–Crippen LogP) is 2.44. The third-order valence-electron chi connectivity index (χ3n) is 4.42. The number of methoxy groups -OCH3 is 1. The smallest absolute Gasteiger partial charge is 0.246 e. The third kappa shape index (κ3) is 4.66. The van der Waals surface area contributed by atoms with E-state index in [2.05, 4.69) is 0 Å². The minimum atomic E-state index is -4.50. The SMILES string of the molecule is COc1ccc(CN(C(=O)CNS(=O)(=O)c2c(F)cccc2F)C2CC2)cc1. The van der Waals surface area contributed by atoms with Crippen LogP contribution >= 0.6 is 0 Å². The molecule has 0 spiro atoms. The molecule has 6 nitrogen and oxygen atoms in total. The van der Waals surface area contributed by atoms with Crippen molar-refractivity contribution in [2.75, 3.05) is 13.7 Å². The number of sulfonamides is 1. The fourth-order valence-corrected chi connectivity index (χ4v) is 3.91. The van der Waals surface area contributed by atoms with Gasteiger partial charge in [-0.15, -0.1) is 0 Å². The fourth-order valence-electron chi connectivity index (χ4n) is 2.80. The molecule has 2 aromatic carbocycles. The lowest BCUT2D eigenvalue weighted by molar-refractivity contribution is -0.131. The van der Waals surface area contributed by atoms with Crippen LogP contribution in [0.5, 0.6) is 5.75 Å². The van der Waals surface area contributed by atoms with Crippen LogP contribution in [0, 0.1) is 11.6 Å². The molecule has 1 aliphatic rings. The molecular weight excluding hydrogens is 390 g/mol. The molecule has 150 valence electrons. The van der Waals surface area contributed by atoms with Gasteiger partial charge in [0.25, 0.3) is 0 Å². The molecule has 1 aliphatic carbocycles. The van der Waals surface area contributed by atoms with Crippen molar-refractivity contribution in [1.82, 2.24) is 9.62 Å². The summed E-state index contributed by atoms with van der Waals surface area (Å²) in [6.45, 7) is -0.272. The highest BCUT2D eigenvalue weighted by Crippen LogP contribution is 2.29. The molecule has 1 N–H and O–H groups in total. The minimum absolute atomic E-state index is 0.0318. The van der Waals surface area contributed by atoms with Crippen molar-refractivity contribution >= 4 is 15.9 Å². The van der Waals surface area contributed by atoms with Crippen LogP contribution in [0.1, 0.15) is 18.4 Å². The van der Waals surface area contributed by atoms with Gasteiger partial charge in [0.15, 0.2) is 4.90 Å². The Balaban J connectivity index is 1.69. The number of nitrogens with zero attached hydrogens (tertiary/aromatic N) is 1. The minimum Gasteiger partial charge on any atom is -0.497 e. The topological polar surface area (TPSA) is 75.7 Å². The Morgan fingerprint density at radius 1 is 1.14 bits per heavy atom. The first-order valence-electron chi connectivity index (χ1n) is 8.68. The van der Waals surface area contributed by atoms with Gasteiger partial charge in [0, 0.05) is 12.6 Å². The van der Waals surface area contributed by atoms with Crippen molar-refractivity contribution in [3.8, 4) is 5.75 Å². The van der Waals surface area contributed by atoms with Gasteiger partial charge in [-0.3, -0.25) is 4.79 Å². The number of carbonyl (C=O) groups is 1. The van der Waals surface area contributed by atoms with E-state index in [0.717, 1.165) is 36.6 Å². The number of hydrogen-bond acceptors (Lipinski definition) is 4. The summed E-state index contributed by atoms with van der Waals surface area (Å²) in [4.78, 5) is 13.1. The third-order valence-corrected chi connectivity index (χ3v) is 5.87. The monoisotopic (exact) mass is 410 g/mol. The quantitative estimate of drug-likeness (QED) is 0.725. The Kier molecular flexibility index (Phi) is 5.95. The van der Waals surface area contributed by atoms with Crippen LogP contribution in [-0.4, -0.2) is 38.9 Å². The number of carbonyl (C=O) groups excluding carboxylic acids is 1. The van der Waals surface area contributed by atoms with E-state index in [4.69, 9.17) is 4.74 Å². The lowest BCUT2D eigenvalue weighted by Gasteiger charge is -2.23. The average Bonchev–Trinajstić information content (AvgIpc) is 3.49. The fraction of sp³-hybridized carbons (Fsp3) is 0.316. The van der Waals surface area contributed by atoms with Crippen molar-refractivity contribution in [2.24, 2.45) is 0 Å². The van der Waals surface area contributed by atoms with E-state index >= 15 is 0 Å². The summed E-state index contributed by atoms with van der Waals surface area (Å²) in [5, 5.41) is 0. The molecule has 28 heavy (non-hydrogen) atoms. The summed E-state index contributed by atoms with van der Waals surface area (Å²) < 4.78 is 59.1. The lowest BCUT2D eigenvalue weighted by atomic mass is 10.2. The first-order valence-corrected chi connectivity index (χ1v) is 10.2. The summed E-state index contributed by atoms with van der Waals surface area (Å²) >= 11 is 0. The van der Waals surface area contributed by atoms with Crippen LogP contribution < -0.4 is 9.46 Å². The Labute approximate surface area is 162 Å². The van der Waals surface area contributed by atoms with E-state index in [-0.39, 0.29) is 6.04 Å². The number of rotatable bonds is 8. The summed E-state index contributed by atoms with van der Waals surface area (Å²) in [6.07, 6.45) is 1.66. The van der Waals surface area contributed by atoms with Crippen LogP contribution in [-0.2, 0) is 21.4 Å². The molecule has 0 bridgehead atoms. The molecule has 0 saturated heterocycles. The second-order valence-electron chi connectivity index (χ2n) is 6.48. The first kappa shape index (κ1) is 20.2. The van der Waals surface area contributed by atoms with Gasteiger partial charge in [0.1, 0.15) is 17.4 Å². The molecule has 1 saturated carbocycles. The Bertz CT molecular complexity index is 940. The zero-order chi connectivity index (χ0) is 20.3. The van der Waals surface area contributed by atoms with Crippen LogP contribution in [0.2, 0.25) is 0 Å². The van der Waals surface area contributed by atoms with Gasteiger partial charge < -0.3 is 9.64 Å². The van der Waals surface area contributed by atoms with Gasteiger partial charge in [0.05, 0.1) is 13.7 Å². The van der Waals surface area contributed by atoms with Crippen molar-refractivity contribution in [2.45, 2.75) is 30.3 Å². The number of benzene rings is 2. The van der Waals surface area contributed by atoms with Gasteiger partial charge in [-0.05, 0) is 42.7 Å². The Hall–Kier alpha value is -2.52. The van der Waals surface area contributed by atoms with E-state index in [1.54, 1.807) is 24.1 Å². The highest BCUT2D eigenvalue weighted by molar-refractivity contribution is 7.89. The van der Waals surface area contributed by atoms with Crippen LogP contribution in [0.4, 0.5) is 8.78 Å². The van der Waals surface area contributed by atoms with E-state index in [0.29, 0.717) is 12.3 Å². The number of hydrogen-bond donors (Lipinski definition) is 1. The Morgan fingerprint density at radius 2 is 1.75 bits per heavy atom. The van der Waals surface area contributed by atoms with Gasteiger partial charge in [-0.2, -0.15) is 0 Å². The average molecular weight is 410 g/mol. The molecule has 2 aromatic rings. The maximum Gasteiger partial charge on any atom is 0.246 e. The summed E-state index contributed by atoms with van der Waals surface area (Å²) in [5.41, 5.74) is 0.865. The number of ether oxygens (including phenoxy) is 1. The molecule has 0 heterocycles. The number of halogens is 2. The molecule has 0 radical (unpaired) electrons. The van der Waals surface area contributed by atoms with E-state index in [1.807, 2.05) is 16.9 Å². The van der Waals surface area contributed by atoms with Crippen molar-refractivity contribution in [3.05, 3.63) is 59.7 Å². The van der Waals surface area contributed by atoms with E-state index in [1.165, 1.54) is 0 Å². The molecule has 3 rings (SSSR count). The van der Waals surface area contributed by atoms with Crippen LogP contribution in [0.3, 0.4) is 0 Å². The molecule has 0 aromatic heterocycles. The van der Waals surface area contributed by atoms with Crippen LogP contribution in [0.15, 0.2) is 47.4 Å². The van der Waals surface area contributed by atoms with Gasteiger partial charge in [-0.25, -0.2) is 21.9 Å². The number of nitrogens with one attached hydrogen (secondary N) is 1. The first-order chi connectivity index (χ1) is 13.3. The second-order valence-corrected chi connectivity index (χ2v) is 8.18. The highest BCUT2D eigenvalue weighted by atomic mass is 32.2. The summed E-state index contributed by atoms with van der Waals surface area (Å²) in [5.74, 6) is -2.19. The molecule has 9 heteroatoms.